The topological polar surface area (TPSA) is 134 Å². The van der Waals surface area contributed by atoms with Gasteiger partial charge in [-0.15, -0.1) is 45.5 Å². The van der Waals surface area contributed by atoms with E-state index in [0.717, 1.165) is 15.8 Å². The number of fused-ring (bicyclic) bond motifs is 1. The van der Waals surface area contributed by atoms with Gasteiger partial charge in [0.05, 0.1) is 0 Å². The molecule has 4 heterocycles. The van der Waals surface area contributed by atoms with Crippen molar-refractivity contribution in [3.05, 3.63) is 27.1 Å². The third-order valence-electron chi connectivity index (χ3n) is 4.53. The predicted octanol–water partition coefficient (Wildman–Crippen LogP) is 1.69. The van der Waals surface area contributed by atoms with Gasteiger partial charge in [0.2, 0.25) is 0 Å². The van der Waals surface area contributed by atoms with Crippen molar-refractivity contribution in [3.8, 4) is 0 Å². The number of carbonyl (C=O) groups is 3. The predicted molar refractivity (Wildman–Crippen MR) is 128 cm³/mol. The minimum absolute atomic E-state index is 0.0195. The molecule has 1 unspecified atom stereocenters. The summed E-state index contributed by atoms with van der Waals surface area (Å²) in [5, 5.41) is 25.4. The highest BCUT2D eigenvalue weighted by atomic mass is 32.2. The molecule has 1 aromatic rings. The molecule has 0 spiro atoms. The molecule has 10 nitrogen and oxygen atoms in total. The van der Waals surface area contributed by atoms with Crippen LogP contribution in [0.3, 0.4) is 0 Å². The number of carboxylic acid groups (broad SMARTS) is 1. The second kappa shape index (κ2) is 10.5. The maximum Gasteiger partial charge on any atom is 0.352 e. The summed E-state index contributed by atoms with van der Waals surface area (Å²) in [4.78, 5) is 44.5. The molecule has 32 heavy (non-hydrogen) atoms. The van der Waals surface area contributed by atoms with Gasteiger partial charge in [0, 0.05) is 27.9 Å². The van der Waals surface area contributed by atoms with Gasteiger partial charge in [-0.1, -0.05) is 28.3 Å². The zero-order valence-corrected chi connectivity index (χ0v) is 20.6. The molecule has 1 aromatic heterocycles. The number of thioether (sulfide) groups is 4. The maximum atomic E-state index is 12.9. The largest absolute Gasteiger partial charge is 0.477 e. The number of carbonyl (C=O) groups excluding carboxylic acids is 2. The summed E-state index contributed by atoms with van der Waals surface area (Å²) in [6.07, 6.45) is 0. The highest BCUT2D eigenvalue weighted by Crippen LogP contribution is 2.41. The van der Waals surface area contributed by atoms with Crippen LogP contribution in [0.15, 0.2) is 36.6 Å². The lowest BCUT2D eigenvalue weighted by Crippen LogP contribution is -2.71. The maximum absolute atomic E-state index is 12.9. The Bertz CT molecular complexity index is 1010. The average Bonchev–Trinajstić information content (AvgIpc) is 3.33. The van der Waals surface area contributed by atoms with Crippen molar-refractivity contribution in [3.63, 3.8) is 0 Å². The first-order valence-electron chi connectivity index (χ1n) is 9.17. The summed E-state index contributed by atoms with van der Waals surface area (Å²) >= 11 is 7.25. The minimum atomic E-state index is -1.16. The number of β-lactam (4-membered cyclic amide) rings is 1. The Labute approximate surface area is 204 Å². The van der Waals surface area contributed by atoms with Gasteiger partial charge in [-0.2, -0.15) is 0 Å². The van der Waals surface area contributed by atoms with Gasteiger partial charge in [-0.05, 0) is 11.0 Å². The van der Waals surface area contributed by atoms with E-state index in [4.69, 9.17) is 4.84 Å². The molecule has 1 fully saturated rings. The van der Waals surface area contributed by atoms with E-state index in [1.165, 1.54) is 58.6 Å². The lowest BCUT2D eigenvalue weighted by molar-refractivity contribution is -0.150. The van der Waals surface area contributed by atoms with E-state index in [0.29, 0.717) is 22.0 Å². The third kappa shape index (κ3) is 4.81. The van der Waals surface area contributed by atoms with Gasteiger partial charge in [-0.25, -0.2) is 4.79 Å². The zero-order chi connectivity index (χ0) is 22.7. The standard InChI is InChI=1S/C17H17N5O5S5/c1-27-21-10(9-6-28-2-3-29-9)13(23)19-11-14(24)22-12(16(25)26)8(4-30-15(11)22)5-31-17-20-18-7-32-17/h6-7,11,15H,2-5H2,1H3,(H,19,23)(H,25,26)/b21-10-/t11?,15-/m1/s1. The highest BCUT2D eigenvalue weighted by molar-refractivity contribution is 8.10. The molecule has 4 rings (SSSR count). The number of aromatic nitrogens is 2. The van der Waals surface area contributed by atoms with E-state index in [-0.39, 0.29) is 11.4 Å². The first-order valence-corrected chi connectivity index (χ1v) is 14.1. The normalized spacial score (nSPS) is 23.3. The number of amides is 2. The minimum Gasteiger partial charge on any atom is -0.477 e. The summed E-state index contributed by atoms with van der Waals surface area (Å²) in [6, 6.07) is -0.830. The number of rotatable bonds is 8. The lowest BCUT2D eigenvalue weighted by atomic mass is 10.0. The van der Waals surface area contributed by atoms with E-state index < -0.39 is 29.2 Å². The van der Waals surface area contributed by atoms with Crippen molar-refractivity contribution in [1.82, 2.24) is 20.4 Å². The number of hydrogen-bond donors (Lipinski definition) is 2. The van der Waals surface area contributed by atoms with Gasteiger partial charge in [0.1, 0.15) is 29.7 Å². The fourth-order valence-corrected chi connectivity index (χ4v) is 8.20. The summed E-state index contributed by atoms with van der Waals surface area (Å²) in [5.41, 5.74) is 2.34. The van der Waals surface area contributed by atoms with E-state index in [1.54, 1.807) is 17.3 Å². The SMILES string of the molecule is CO/N=C(\C(=O)NC1C(=O)N2C(C(=O)O)=C(CSc3nncs3)CS[C@H]12)C1=CSCCS1. The first-order chi connectivity index (χ1) is 15.5. The molecule has 0 radical (unpaired) electrons. The Kier molecular flexibility index (Phi) is 7.70. The zero-order valence-electron chi connectivity index (χ0n) is 16.5. The van der Waals surface area contributed by atoms with Crippen molar-refractivity contribution in [1.29, 1.82) is 0 Å². The average molecular weight is 532 g/mol. The second-order valence-electron chi connectivity index (χ2n) is 6.44. The van der Waals surface area contributed by atoms with Crippen LogP contribution in [0.25, 0.3) is 0 Å². The number of aliphatic carboxylic acids is 1. The molecular weight excluding hydrogens is 515 g/mol. The summed E-state index contributed by atoms with van der Waals surface area (Å²) in [5.74, 6) is 0.466. The van der Waals surface area contributed by atoms with E-state index in [9.17, 15) is 19.5 Å². The summed E-state index contributed by atoms with van der Waals surface area (Å²) in [6.45, 7) is 0. The number of carboxylic acids is 1. The Morgan fingerprint density at radius 2 is 2.28 bits per heavy atom. The number of nitrogens with zero attached hydrogens (tertiary/aromatic N) is 4. The van der Waals surface area contributed by atoms with Gasteiger partial charge < -0.3 is 15.3 Å². The van der Waals surface area contributed by atoms with Crippen molar-refractivity contribution in [2.24, 2.45) is 5.16 Å². The molecule has 2 N–H and O–H groups in total. The lowest BCUT2D eigenvalue weighted by Gasteiger charge is -2.49. The van der Waals surface area contributed by atoms with Crippen LogP contribution in [0.1, 0.15) is 0 Å². The van der Waals surface area contributed by atoms with Crippen molar-refractivity contribution in [2.75, 3.05) is 30.1 Å². The summed E-state index contributed by atoms with van der Waals surface area (Å²) < 4.78 is 0.729. The molecule has 2 amide bonds. The fraction of sp³-hybridized carbons (Fsp3) is 0.412. The molecule has 0 bridgehead atoms. The Morgan fingerprint density at radius 3 is 2.94 bits per heavy atom. The van der Waals surface area contributed by atoms with Crippen LogP contribution in [-0.2, 0) is 19.2 Å². The molecule has 0 saturated carbocycles. The fourth-order valence-electron chi connectivity index (χ4n) is 3.16. The quantitative estimate of drug-likeness (QED) is 0.220. The molecule has 3 aliphatic rings. The highest BCUT2D eigenvalue weighted by Gasteiger charge is 2.54. The van der Waals surface area contributed by atoms with Crippen molar-refractivity contribution >= 4 is 81.9 Å². The van der Waals surface area contributed by atoms with Crippen LogP contribution < -0.4 is 5.32 Å². The molecule has 1 saturated heterocycles. The van der Waals surface area contributed by atoms with Crippen LogP contribution in [0, 0.1) is 0 Å². The van der Waals surface area contributed by atoms with Crippen molar-refractivity contribution < 1.29 is 24.3 Å². The van der Waals surface area contributed by atoms with Crippen LogP contribution in [-0.4, -0.2) is 85.2 Å². The van der Waals surface area contributed by atoms with Gasteiger partial charge in [0.15, 0.2) is 10.1 Å². The Hall–Kier alpha value is -1.68. The Morgan fingerprint density at radius 1 is 1.44 bits per heavy atom. The third-order valence-corrected chi connectivity index (χ3v) is 10.1. The molecule has 0 aromatic carbocycles. The second-order valence-corrected chi connectivity index (χ2v) is 11.7. The van der Waals surface area contributed by atoms with Crippen LogP contribution in [0.4, 0.5) is 0 Å². The molecule has 3 aliphatic heterocycles. The number of nitrogens with one attached hydrogen (secondary N) is 1. The van der Waals surface area contributed by atoms with Gasteiger partial charge >= 0.3 is 5.97 Å². The van der Waals surface area contributed by atoms with Crippen LogP contribution in [0.5, 0.6) is 0 Å². The smallest absolute Gasteiger partial charge is 0.352 e. The van der Waals surface area contributed by atoms with E-state index in [2.05, 4.69) is 20.7 Å². The molecule has 15 heteroatoms. The molecule has 2 atom stereocenters. The Balaban J connectivity index is 1.47. The monoisotopic (exact) mass is 531 g/mol. The molecule has 0 aliphatic carbocycles. The summed E-state index contributed by atoms with van der Waals surface area (Å²) in [7, 11) is 1.35. The number of oxime groups is 1. The molecular formula is C17H17N5O5S5. The van der Waals surface area contributed by atoms with Crippen molar-refractivity contribution in [2.45, 2.75) is 15.8 Å². The first kappa shape index (κ1) is 23.5. The van der Waals surface area contributed by atoms with Gasteiger partial charge in [-0.3, -0.25) is 14.5 Å². The van der Waals surface area contributed by atoms with E-state index in [1.807, 2.05) is 5.41 Å². The van der Waals surface area contributed by atoms with Crippen LogP contribution in [0.2, 0.25) is 0 Å². The van der Waals surface area contributed by atoms with Crippen LogP contribution >= 0.6 is 58.4 Å². The van der Waals surface area contributed by atoms with E-state index >= 15 is 0 Å². The van der Waals surface area contributed by atoms with Gasteiger partial charge in [0.25, 0.3) is 11.8 Å². The number of hydrogen-bond acceptors (Lipinski definition) is 12. The molecule has 170 valence electrons.